The van der Waals surface area contributed by atoms with Crippen LogP contribution in [-0.2, 0) is 6.42 Å². The second-order valence-corrected chi connectivity index (χ2v) is 3.27. The molecule has 1 aromatic heterocycles. The maximum Gasteiger partial charge on any atom is 0.417 e. The summed E-state index contributed by atoms with van der Waals surface area (Å²) in [7, 11) is 0. The van der Waals surface area contributed by atoms with Crippen LogP contribution in [0.4, 0.5) is 0 Å². The number of H-pyrrole nitrogens is 1. The van der Waals surface area contributed by atoms with Gasteiger partial charge in [-0.15, -0.1) is 0 Å². The summed E-state index contributed by atoms with van der Waals surface area (Å²) in [5.74, 6) is -0.387. The van der Waals surface area contributed by atoms with Crippen molar-refractivity contribution in [3.8, 4) is 0 Å². The Morgan fingerprint density at radius 1 is 1.43 bits per heavy atom. The van der Waals surface area contributed by atoms with Crippen molar-refractivity contribution in [2.75, 3.05) is 0 Å². The van der Waals surface area contributed by atoms with Crippen molar-refractivity contribution in [3.63, 3.8) is 0 Å². The molecule has 3 nitrogen and oxygen atoms in total. The molecule has 0 bridgehead atoms. The van der Waals surface area contributed by atoms with Crippen LogP contribution in [0.3, 0.4) is 0 Å². The summed E-state index contributed by atoms with van der Waals surface area (Å²) in [5.41, 5.74) is 2.53. The van der Waals surface area contributed by atoms with Crippen molar-refractivity contribution in [3.05, 3.63) is 41.2 Å². The van der Waals surface area contributed by atoms with Crippen molar-refractivity contribution < 1.29 is 4.42 Å². The minimum Gasteiger partial charge on any atom is -0.408 e. The largest absolute Gasteiger partial charge is 0.417 e. The van der Waals surface area contributed by atoms with Crippen molar-refractivity contribution in [2.45, 2.75) is 19.3 Å². The summed E-state index contributed by atoms with van der Waals surface area (Å²) in [6.07, 6.45) is 2.81. The summed E-state index contributed by atoms with van der Waals surface area (Å²) in [5, 5.41) is 0. The molecule has 0 fully saturated rings. The van der Waals surface area contributed by atoms with E-state index in [1.807, 2.05) is 18.2 Å². The molecule has 0 atom stereocenters. The van der Waals surface area contributed by atoms with Gasteiger partial charge in [0.2, 0.25) is 0 Å². The Labute approximate surface area is 81.7 Å². The second-order valence-electron chi connectivity index (χ2n) is 3.27. The van der Waals surface area contributed by atoms with Crippen LogP contribution in [0.2, 0.25) is 0 Å². The highest BCUT2D eigenvalue weighted by Gasteiger charge is 2.05. The summed E-state index contributed by atoms with van der Waals surface area (Å²) in [6, 6.07) is 5.74. The van der Waals surface area contributed by atoms with Crippen molar-refractivity contribution >= 4 is 11.1 Å². The molecule has 14 heavy (non-hydrogen) atoms. The lowest BCUT2D eigenvalue weighted by Crippen LogP contribution is -1.92. The molecule has 1 N–H and O–H groups in total. The molecular formula is C11H12NO2. The fourth-order valence-electron chi connectivity index (χ4n) is 1.54. The van der Waals surface area contributed by atoms with Gasteiger partial charge in [-0.3, -0.25) is 4.98 Å². The molecule has 2 aromatic rings. The Balaban J connectivity index is 2.47. The van der Waals surface area contributed by atoms with Gasteiger partial charge in [-0.2, -0.15) is 0 Å². The van der Waals surface area contributed by atoms with Gasteiger partial charge in [-0.1, -0.05) is 25.5 Å². The van der Waals surface area contributed by atoms with E-state index in [4.69, 9.17) is 4.42 Å². The van der Waals surface area contributed by atoms with Crippen LogP contribution < -0.4 is 5.76 Å². The monoisotopic (exact) mass is 190 g/mol. The zero-order valence-corrected chi connectivity index (χ0v) is 7.88. The molecule has 0 amide bonds. The van der Waals surface area contributed by atoms with E-state index in [0.717, 1.165) is 30.3 Å². The Hall–Kier alpha value is -1.51. The van der Waals surface area contributed by atoms with Crippen LogP contribution in [-0.4, -0.2) is 4.98 Å². The predicted octanol–water partition coefficient (Wildman–Crippen LogP) is 2.28. The number of nitrogens with one attached hydrogen (secondary N) is 1. The minimum absolute atomic E-state index is 0.387. The topological polar surface area (TPSA) is 46.0 Å². The van der Waals surface area contributed by atoms with E-state index in [0.29, 0.717) is 5.58 Å². The van der Waals surface area contributed by atoms with E-state index >= 15 is 0 Å². The van der Waals surface area contributed by atoms with Gasteiger partial charge >= 0.3 is 5.76 Å². The Morgan fingerprint density at radius 2 is 2.29 bits per heavy atom. The van der Waals surface area contributed by atoms with Gasteiger partial charge in [-0.05, 0) is 24.5 Å². The lowest BCUT2D eigenvalue weighted by Gasteiger charge is -1.98. The van der Waals surface area contributed by atoms with Gasteiger partial charge in [0, 0.05) is 0 Å². The minimum atomic E-state index is -0.387. The Morgan fingerprint density at radius 3 is 3.07 bits per heavy atom. The highest BCUT2D eigenvalue weighted by Crippen LogP contribution is 2.17. The van der Waals surface area contributed by atoms with Gasteiger partial charge in [0.25, 0.3) is 0 Å². The van der Waals surface area contributed by atoms with Crippen LogP contribution in [0.5, 0.6) is 0 Å². The standard InChI is InChI=1S/C11H12NO2/c1-2-3-5-8-6-4-7-9-10(8)14-11(13)12-9/h4,6-7H,1-3,5H2,(H,12,13). The number of para-hydroxylation sites is 1. The number of unbranched alkanes of at least 4 members (excludes halogenated alkanes) is 1. The SMILES string of the molecule is [CH2]CCCc1cccc2[nH]c(=O)oc12. The molecule has 0 saturated carbocycles. The van der Waals surface area contributed by atoms with Crippen LogP contribution in [0.15, 0.2) is 27.4 Å². The predicted molar refractivity (Wildman–Crippen MR) is 55.1 cm³/mol. The van der Waals surface area contributed by atoms with Crippen LogP contribution in [0, 0.1) is 6.92 Å². The molecule has 0 spiro atoms. The highest BCUT2D eigenvalue weighted by atomic mass is 16.4. The fraction of sp³-hybridized carbons (Fsp3) is 0.273. The van der Waals surface area contributed by atoms with Gasteiger partial charge in [0.1, 0.15) is 0 Å². The summed E-state index contributed by atoms with van der Waals surface area (Å²) < 4.78 is 5.06. The Bertz CT molecular complexity index is 481. The van der Waals surface area contributed by atoms with Crippen LogP contribution >= 0.6 is 0 Å². The summed E-state index contributed by atoms with van der Waals surface area (Å²) >= 11 is 0. The van der Waals surface area contributed by atoms with Crippen molar-refractivity contribution in [1.29, 1.82) is 0 Å². The first-order chi connectivity index (χ1) is 6.81. The third kappa shape index (κ3) is 1.58. The molecule has 0 saturated heterocycles. The molecule has 0 aliphatic heterocycles. The smallest absolute Gasteiger partial charge is 0.408 e. The average molecular weight is 190 g/mol. The number of aromatic nitrogens is 1. The quantitative estimate of drug-likeness (QED) is 0.807. The van der Waals surface area contributed by atoms with E-state index in [-0.39, 0.29) is 5.76 Å². The summed E-state index contributed by atoms with van der Waals surface area (Å²) in [4.78, 5) is 13.6. The molecule has 0 unspecified atom stereocenters. The lowest BCUT2D eigenvalue weighted by atomic mass is 10.1. The number of fused-ring (bicyclic) bond motifs is 1. The van der Waals surface area contributed by atoms with Crippen molar-refractivity contribution in [1.82, 2.24) is 4.98 Å². The van der Waals surface area contributed by atoms with Gasteiger partial charge in [-0.25, -0.2) is 4.79 Å². The number of rotatable bonds is 3. The molecule has 0 aliphatic carbocycles. The number of aromatic amines is 1. The first kappa shape index (κ1) is 9.06. The van der Waals surface area contributed by atoms with E-state index < -0.39 is 0 Å². The maximum absolute atomic E-state index is 11.0. The van der Waals surface area contributed by atoms with Gasteiger partial charge in [0.05, 0.1) is 5.52 Å². The molecule has 3 heteroatoms. The first-order valence-corrected chi connectivity index (χ1v) is 4.71. The summed E-state index contributed by atoms with van der Waals surface area (Å²) in [6.45, 7) is 3.79. The van der Waals surface area contributed by atoms with E-state index in [1.165, 1.54) is 0 Å². The van der Waals surface area contributed by atoms with Gasteiger partial charge < -0.3 is 4.42 Å². The molecule has 1 aromatic carbocycles. The number of aryl methyl sites for hydroxylation is 1. The van der Waals surface area contributed by atoms with E-state index in [9.17, 15) is 4.79 Å². The zero-order valence-electron chi connectivity index (χ0n) is 7.88. The third-order valence-electron chi connectivity index (χ3n) is 2.22. The third-order valence-corrected chi connectivity index (χ3v) is 2.22. The molecule has 1 heterocycles. The molecule has 0 aliphatic rings. The normalized spacial score (nSPS) is 10.9. The van der Waals surface area contributed by atoms with Crippen LogP contribution in [0.25, 0.3) is 11.1 Å². The number of benzene rings is 1. The number of hydrogen-bond donors (Lipinski definition) is 1. The van der Waals surface area contributed by atoms with E-state index in [2.05, 4.69) is 11.9 Å². The first-order valence-electron chi connectivity index (χ1n) is 4.71. The number of hydrogen-bond acceptors (Lipinski definition) is 2. The zero-order chi connectivity index (χ0) is 9.97. The second kappa shape index (κ2) is 3.70. The Kier molecular flexibility index (Phi) is 2.39. The average Bonchev–Trinajstić information content (AvgIpc) is 2.55. The molecule has 73 valence electrons. The molecular weight excluding hydrogens is 178 g/mol. The highest BCUT2D eigenvalue weighted by molar-refractivity contribution is 5.75. The molecule has 2 rings (SSSR count). The molecule has 1 radical (unpaired) electrons. The van der Waals surface area contributed by atoms with E-state index in [1.54, 1.807) is 0 Å². The van der Waals surface area contributed by atoms with Gasteiger partial charge in [0.15, 0.2) is 5.58 Å². The maximum atomic E-state index is 11.0. The lowest BCUT2D eigenvalue weighted by molar-refractivity contribution is 0.551. The fourth-order valence-corrected chi connectivity index (χ4v) is 1.54. The van der Waals surface area contributed by atoms with Crippen LogP contribution in [0.1, 0.15) is 18.4 Å². The van der Waals surface area contributed by atoms with Crippen molar-refractivity contribution in [2.24, 2.45) is 0 Å². The number of oxazole rings is 1.